The SMILES string of the molecule is CCCC[C@@](O)(CC)C(=O)Nc1ccccc1. The van der Waals surface area contributed by atoms with Crippen molar-refractivity contribution < 1.29 is 9.90 Å². The lowest BCUT2D eigenvalue weighted by molar-refractivity contribution is -0.135. The summed E-state index contributed by atoms with van der Waals surface area (Å²) in [6.07, 6.45) is 2.78. The van der Waals surface area contributed by atoms with Gasteiger partial charge in [-0.25, -0.2) is 0 Å². The maximum atomic E-state index is 12.0. The lowest BCUT2D eigenvalue weighted by Gasteiger charge is -2.25. The van der Waals surface area contributed by atoms with Gasteiger partial charge in [-0.3, -0.25) is 4.79 Å². The maximum absolute atomic E-state index is 12.0. The van der Waals surface area contributed by atoms with Gasteiger partial charge in [-0.1, -0.05) is 44.9 Å². The third kappa shape index (κ3) is 3.86. The van der Waals surface area contributed by atoms with Crippen molar-refractivity contribution in [3.8, 4) is 0 Å². The van der Waals surface area contributed by atoms with Gasteiger partial charge < -0.3 is 10.4 Å². The van der Waals surface area contributed by atoms with E-state index in [-0.39, 0.29) is 5.91 Å². The average Bonchev–Trinajstić information content (AvgIpc) is 2.37. The number of nitrogens with one attached hydrogen (secondary N) is 1. The largest absolute Gasteiger partial charge is 0.380 e. The standard InChI is InChI=1S/C14H21NO2/c1-3-5-11-14(17,4-2)13(16)15-12-9-7-6-8-10-12/h6-10,17H,3-5,11H2,1-2H3,(H,15,16)/t14-/m0/s1. The molecule has 0 aliphatic heterocycles. The zero-order valence-electron chi connectivity index (χ0n) is 10.6. The first-order chi connectivity index (χ1) is 8.12. The van der Waals surface area contributed by atoms with Crippen molar-refractivity contribution in [1.82, 2.24) is 0 Å². The highest BCUT2D eigenvalue weighted by molar-refractivity contribution is 5.97. The van der Waals surface area contributed by atoms with Crippen molar-refractivity contribution in [2.45, 2.75) is 45.1 Å². The molecular formula is C14H21NO2. The lowest BCUT2D eigenvalue weighted by atomic mass is 9.93. The fourth-order valence-electron chi connectivity index (χ4n) is 1.69. The van der Waals surface area contributed by atoms with E-state index in [0.29, 0.717) is 12.8 Å². The molecule has 0 fully saturated rings. The third-order valence-electron chi connectivity index (χ3n) is 2.98. The molecule has 1 aromatic carbocycles. The van der Waals surface area contributed by atoms with E-state index < -0.39 is 5.60 Å². The van der Waals surface area contributed by atoms with Crippen molar-refractivity contribution in [2.24, 2.45) is 0 Å². The number of hydrogen-bond acceptors (Lipinski definition) is 2. The summed E-state index contributed by atoms with van der Waals surface area (Å²) in [6.45, 7) is 3.88. The molecule has 1 atom stereocenters. The maximum Gasteiger partial charge on any atom is 0.256 e. The number of carbonyl (C=O) groups excluding carboxylic acids is 1. The molecule has 3 nitrogen and oxygen atoms in total. The molecule has 0 aliphatic carbocycles. The van der Waals surface area contributed by atoms with Gasteiger partial charge in [0.2, 0.25) is 0 Å². The number of amides is 1. The molecular weight excluding hydrogens is 214 g/mol. The van der Waals surface area contributed by atoms with E-state index in [0.717, 1.165) is 18.5 Å². The van der Waals surface area contributed by atoms with Crippen LogP contribution in [0.1, 0.15) is 39.5 Å². The Kier molecular flexibility index (Phi) is 5.16. The first kappa shape index (κ1) is 13.7. The smallest absolute Gasteiger partial charge is 0.256 e. The van der Waals surface area contributed by atoms with Gasteiger partial charge >= 0.3 is 0 Å². The molecule has 1 aromatic rings. The fourth-order valence-corrected chi connectivity index (χ4v) is 1.69. The topological polar surface area (TPSA) is 49.3 Å². The highest BCUT2D eigenvalue weighted by atomic mass is 16.3. The normalized spacial score (nSPS) is 14.1. The Bertz CT molecular complexity index is 350. The monoisotopic (exact) mass is 235 g/mol. The molecule has 1 amide bonds. The zero-order chi connectivity index (χ0) is 12.7. The molecule has 0 aliphatic rings. The molecule has 0 bridgehead atoms. The molecule has 0 spiro atoms. The van der Waals surface area contributed by atoms with E-state index in [9.17, 15) is 9.90 Å². The summed E-state index contributed by atoms with van der Waals surface area (Å²) in [7, 11) is 0. The van der Waals surface area contributed by atoms with Crippen molar-refractivity contribution in [3.05, 3.63) is 30.3 Å². The average molecular weight is 235 g/mol. The van der Waals surface area contributed by atoms with Crippen LogP contribution in [0, 0.1) is 0 Å². The first-order valence-electron chi connectivity index (χ1n) is 6.21. The molecule has 0 saturated carbocycles. The Morgan fingerprint density at radius 2 is 1.94 bits per heavy atom. The second-order valence-corrected chi connectivity index (χ2v) is 4.31. The van der Waals surface area contributed by atoms with Crippen LogP contribution in [0.25, 0.3) is 0 Å². The van der Waals surface area contributed by atoms with Gasteiger partial charge in [0, 0.05) is 5.69 Å². The van der Waals surface area contributed by atoms with Crippen molar-refractivity contribution in [1.29, 1.82) is 0 Å². The molecule has 0 aromatic heterocycles. The molecule has 0 unspecified atom stereocenters. The predicted octanol–water partition coefficient (Wildman–Crippen LogP) is 2.96. The van der Waals surface area contributed by atoms with Gasteiger partial charge in [0.25, 0.3) is 5.91 Å². The summed E-state index contributed by atoms with van der Waals surface area (Å²) in [4.78, 5) is 12.0. The van der Waals surface area contributed by atoms with Crippen LogP contribution >= 0.6 is 0 Å². The van der Waals surface area contributed by atoms with Crippen LogP contribution in [0.4, 0.5) is 5.69 Å². The van der Waals surface area contributed by atoms with E-state index in [1.165, 1.54) is 0 Å². The van der Waals surface area contributed by atoms with Crippen LogP contribution in [0.2, 0.25) is 0 Å². The van der Waals surface area contributed by atoms with E-state index in [2.05, 4.69) is 5.32 Å². The van der Waals surface area contributed by atoms with Crippen LogP contribution in [0.3, 0.4) is 0 Å². The zero-order valence-corrected chi connectivity index (χ0v) is 10.6. The summed E-state index contributed by atoms with van der Waals surface area (Å²) in [5.74, 6) is -0.306. The Morgan fingerprint density at radius 1 is 1.29 bits per heavy atom. The summed E-state index contributed by atoms with van der Waals surface area (Å²) in [5.41, 5.74) is -0.521. The van der Waals surface area contributed by atoms with Crippen LogP contribution in [-0.4, -0.2) is 16.6 Å². The number of para-hydroxylation sites is 1. The van der Waals surface area contributed by atoms with Crippen molar-refractivity contribution in [2.75, 3.05) is 5.32 Å². The Morgan fingerprint density at radius 3 is 2.47 bits per heavy atom. The molecule has 0 heterocycles. The molecule has 0 saturated heterocycles. The van der Waals surface area contributed by atoms with Gasteiger partial charge in [0.1, 0.15) is 5.60 Å². The fraction of sp³-hybridized carbons (Fsp3) is 0.500. The Labute approximate surface area is 103 Å². The van der Waals surface area contributed by atoms with E-state index in [4.69, 9.17) is 0 Å². The summed E-state index contributed by atoms with van der Waals surface area (Å²) < 4.78 is 0. The van der Waals surface area contributed by atoms with Crippen LogP contribution in [-0.2, 0) is 4.79 Å². The van der Waals surface area contributed by atoms with Crippen molar-refractivity contribution >= 4 is 11.6 Å². The van der Waals surface area contributed by atoms with Gasteiger partial charge in [-0.15, -0.1) is 0 Å². The predicted molar refractivity (Wildman–Crippen MR) is 69.8 cm³/mol. The second kappa shape index (κ2) is 6.40. The molecule has 94 valence electrons. The molecule has 17 heavy (non-hydrogen) atoms. The van der Waals surface area contributed by atoms with E-state index in [1.807, 2.05) is 44.2 Å². The number of rotatable bonds is 6. The van der Waals surface area contributed by atoms with Gasteiger partial charge in [-0.2, -0.15) is 0 Å². The molecule has 3 heteroatoms. The van der Waals surface area contributed by atoms with Gasteiger partial charge in [-0.05, 0) is 25.0 Å². The Hall–Kier alpha value is -1.35. The second-order valence-electron chi connectivity index (χ2n) is 4.31. The van der Waals surface area contributed by atoms with Crippen molar-refractivity contribution in [3.63, 3.8) is 0 Å². The van der Waals surface area contributed by atoms with Crippen LogP contribution in [0.15, 0.2) is 30.3 Å². The molecule has 2 N–H and O–H groups in total. The molecule has 1 rings (SSSR count). The quantitative estimate of drug-likeness (QED) is 0.796. The third-order valence-corrected chi connectivity index (χ3v) is 2.98. The number of anilines is 1. The minimum absolute atomic E-state index is 0.306. The molecule has 0 radical (unpaired) electrons. The first-order valence-corrected chi connectivity index (χ1v) is 6.21. The van der Waals surface area contributed by atoms with E-state index >= 15 is 0 Å². The Balaban J connectivity index is 2.66. The number of benzene rings is 1. The number of carbonyl (C=O) groups is 1. The highest BCUT2D eigenvalue weighted by Gasteiger charge is 2.33. The number of hydrogen-bond donors (Lipinski definition) is 2. The van der Waals surface area contributed by atoms with E-state index in [1.54, 1.807) is 0 Å². The van der Waals surface area contributed by atoms with Crippen LogP contribution in [0.5, 0.6) is 0 Å². The van der Waals surface area contributed by atoms with Gasteiger partial charge in [0.15, 0.2) is 0 Å². The lowest BCUT2D eigenvalue weighted by Crippen LogP contribution is -2.42. The highest BCUT2D eigenvalue weighted by Crippen LogP contribution is 2.20. The summed E-state index contributed by atoms with van der Waals surface area (Å²) >= 11 is 0. The number of unbranched alkanes of at least 4 members (excludes halogenated alkanes) is 1. The number of aliphatic hydroxyl groups is 1. The van der Waals surface area contributed by atoms with Gasteiger partial charge in [0.05, 0.1) is 0 Å². The minimum Gasteiger partial charge on any atom is -0.380 e. The van der Waals surface area contributed by atoms with Crippen LogP contribution < -0.4 is 5.32 Å². The minimum atomic E-state index is -1.24. The summed E-state index contributed by atoms with van der Waals surface area (Å²) in [5, 5.41) is 13.0. The summed E-state index contributed by atoms with van der Waals surface area (Å²) in [6, 6.07) is 9.22.